The molecule has 2 heterocycles. The van der Waals surface area contributed by atoms with E-state index >= 15 is 0 Å². The van der Waals surface area contributed by atoms with E-state index in [2.05, 4.69) is 15.3 Å². The number of carbonyl (C=O) groups is 1. The molecule has 2 aromatic heterocycles. The molecule has 5 heteroatoms. The van der Waals surface area contributed by atoms with E-state index in [1.54, 1.807) is 19.3 Å². The standard InChI is InChI=1S/C16H19N3O2/c1-4-21-16(20)15-12(3)19-11(2)9-13(15)10-18-14-5-7-17-8-6-14/h5-9H,4,10H2,1-3H3,(H,17,18). The molecule has 1 N–H and O–H groups in total. The Labute approximate surface area is 124 Å². The van der Waals surface area contributed by atoms with E-state index in [1.807, 2.05) is 32.0 Å². The van der Waals surface area contributed by atoms with Gasteiger partial charge in [0.2, 0.25) is 0 Å². The van der Waals surface area contributed by atoms with Gasteiger partial charge < -0.3 is 10.1 Å². The van der Waals surface area contributed by atoms with Crippen LogP contribution in [-0.2, 0) is 11.3 Å². The Hall–Kier alpha value is -2.43. The van der Waals surface area contributed by atoms with Gasteiger partial charge in [-0.25, -0.2) is 4.79 Å². The van der Waals surface area contributed by atoms with Gasteiger partial charge in [0, 0.05) is 30.3 Å². The molecule has 2 aromatic rings. The number of aromatic nitrogens is 2. The number of hydrogen-bond donors (Lipinski definition) is 1. The Morgan fingerprint density at radius 1 is 1.29 bits per heavy atom. The van der Waals surface area contributed by atoms with Gasteiger partial charge >= 0.3 is 5.97 Å². The van der Waals surface area contributed by atoms with Gasteiger partial charge in [0.1, 0.15) is 0 Å². The van der Waals surface area contributed by atoms with Gasteiger partial charge in [-0.3, -0.25) is 9.97 Å². The van der Waals surface area contributed by atoms with E-state index in [0.29, 0.717) is 24.4 Å². The van der Waals surface area contributed by atoms with Crippen LogP contribution in [0, 0.1) is 13.8 Å². The third-order valence-electron chi connectivity index (χ3n) is 3.05. The molecule has 0 radical (unpaired) electrons. The van der Waals surface area contributed by atoms with Gasteiger partial charge in [-0.1, -0.05) is 0 Å². The van der Waals surface area contributed by atoms with Crippen molar-refractivity contribution in [1.29, 1.82) is 0 Å². The van der Waals surface area contributed by atoms with Crippen LogP contribution in [0.15, 0.2) is 30.6 Å². The summed E-state index contributed by atoms with van der Waals surface area (Å²) in [6, 6.07) is 5.67. The second-order valence-corrected chi connectivity index (χ2v) is 4.69. The number of nitrogens with one attached hydrogen (secondary N) is 1. The fourth-order valence-corrected chi connectivity index (χ4v) is 2.20. The third-order valence-corrected chi connectivity index (χ3v) is 3.05. The minimum Gasteiger partial charge on any atom is -0.462 e. The topological polar surface area (TPSA) is 64.1 Å². The SMILES string of the molecule is CCOC(=O)c1c(CNc2ccncc2)cc(C)nc1C. The molecule has 0 saturated heterocycles. The molecular weight excluding hydrogens is 266 g/mol. The van der Waals surface area contributed by atoms with Crippen LogP contribution in [-0.4, -0.2) is 22.5 Å². The number of ether oxygens (including phenoxy) is 1. The summed E-state index contributed by atoms with van der Waals surface area (Å²) in [5.41, 5.74) is 3.96. The van der Waals surface area contributed by atoms with Crippen molar-refractivity contribution in [3.8, 4) is 0 Å². The Balaban J connectivity index is 2.26. The van der Waals surface area contributed by atoms with E-state index in [1.165, 1.54) is 0 Å². The van der Waals surface area contributed by atoms with Crippen molar-refractivity contribution in [2.45, 2.75) is 27.3 Å². The van der Waals surface area contributed by atoms with Crippen LogP contribution in [0.1, 0.15) is 34.2 Å². The molecule has 0 aliphatic heterocycles. The zero-order chi connectivity index (χ0) is 15.2. The predicted octanol–water partition coefficient (Wildman–Crippen LogP) is 2.88. The van der Waals surface area contributed by atoms with Crippen molar-refractivity contribution in [3.05, 3.63) is 53.1 Å². The summed E-state index contributed by atoms with van der Waals surface area (Å²) in [5.74, 6) is -0.325. The molecule has 0 aliphatic rings. The van der Waals surface area contributed by atoms with Crippen molar-refractivity contribution in [2.24, 2.45) is 0 Å². The lowest BCUT2D eigenvalue weighted by Gasteiger charge is -2.13. The Morgan fingerprint density at radius 2 is 2.00 bits per heavy atom. The maximum Gasteiger partial charge on any atom is 0.340 e. The highest BCUT2D eigenvalue weighted by Gasteiger charge is 2.17. The van der Waals surface area contributed by atoms with Crippen molar-refractivity contribution in [3.63, 3.8) is 0 Å². The lowest BCUT2D eigenvalue weighted by molar-refractivity contribution is 0.0523. The Kier molecular flexibility index (Phi) is 4.87. The Bertz CT molecular complexity index is 627. The molecule has 5 nitrogen and oxygen atoms in total. The first-order valence-electron chi connectivity index (χ1n) is 6.90. The molecular formula is C16H19N3O2. The fraction of sp³-hybridized carbons (Fsp3) is 0.312. The number of pyridine rings is 2. The average molecular weight is 285 g/mol. The first-order chi connectivity index (χ1) is 10.1. The van der Waals surface area contributed by atoms with E-state index < -0.39 is 0 Å². The summed E-state index contributed by atoms with van der Waals surface area (Å²) in [5, 5.41) is 3.28. The van der Waals surface area contributed by atoms with Crippen molar-refractivity contribution < 1.29 is 9.53 Å². The van der Waals surface area contributed by atoms with Gasteiger partial charge in [-0.2, -0.15) is 0 Å². The van der Waals surface area contributed by atoms with Gasteiger partial charge in [-0.05, 0) is 44.5 Å². The quantitative estimate of drug-likeness (QED) is 0.856. The summed E-state index contributed by atoms with van der Waals surface area (Å²) in [6.07, 6.45) is 3.44. The second-order valence-electron chi connectivity index (χ2n) is 4.69. The number of aryl methyl sites for hydroxylation is 2. The molecule has 0 amide bonds. The maximum atomic E-state index is 12.1. The van der Waals surface area contributed by atoms with Crippen LogP contribution in [0.4, 0.5) is 5.69 Å². The summed E-state index contributed by atoms with van der Waals surface area (Å²) < 4.78 is 5.12. The van der Waals surface area contributed by atoms with Crippen molar-refractivity contribution >= 4 is 11.7 Å². The molecule has 21 heavy (non-hydrogen) atoms. The highest BCUT2D eigenvalue weighted by molar-refractivity contribution is 5.92. The zero-order valence-corrected chi connectivity index (χ0v) is 12.5. The molecule has 0 aliphatic carbocycles. The second kappa shape index (κ2) is 6.83. The van der Waals surface area contributed by atoms with Gasteiger partial charge in [0.25, 0.3) is 0 Å². The molecule has 0 fully saturated rings. The van der Waals surface area contributed by atoms with Gasteiger partial charge in [0.05, 0.1) is 17.9 Å². The summed E-state index contributed by atoms with van der Waals surface area (Å²) in [6.45, 7) is 6.42. The molecule has 0 spiro atoms. The molecule has 0 atom stereocenters. The average Bonchev–Trinajstić information content (AvgIpc) is 2.45. The largest absolute Gasteiger partial charge is 0.462 e. The lowest BCUT2D eigenvalue weighted by Crippen LogP contribution is -2.14. The normalized spacial score (nSPS) is 10.2. The van der Waals surface area contributed by atoms with Crippen LogP contribution in [0.2, 0.25) is 0 Å². The van der Waals surface area contributed by atoms with E-state index in [-0.39, 0.29) is 5.97 Å². The fourth-order valence-electron chi connectivity index (χ4n) is 2.20. The van der Waals surface area contributed by atoms with Crippen LogP contribution in [0.3, 0.4) is 0 Å². The number of esters is 1. The van der Waals surface area contributed by atoms with Crippen LogP contribution in [0.5, 0.6) is 0 Å². The molecule has 0 aromatic carbocycles. The van der Waals surface area contributed by atoms with Crippen LogP contribution >= 0.6 is 0 Å². The van der Waals surface area contributed by atoms with Crippen LogP contribution in [0.25, 0.3) is 0 Å². The highest BCUT2D eigenvalue weighted by atomic mass is 16.5. The molecule has 0 saturated carbocycles. The molecule has 110 valence electrons. The predicted molar refractivity (Wildman–Crippen MR) is 81.2 cm³/mol. The minimum atomic E-state index is -0.325. The van der Waals surface area contributed by atoms with Crippen LogP contribution < -0.4 is 5.32 Å². The molecule has 2 rings (SSSR count). The van der Waals surface area contributed by atoms with Gasteiger partial charge in [-0.15, -0.1) is 0 Å². The lowest BCUT2D eigenvalue weighted by atomic mass is 10.1. The summed E-state index contributed by atoms with van der Waals surface area (Å²) in [7, 11) is 0. The maximum absolute atomic E-state index is 12.1. The zero-order valence-electron chi connectivity index (χ0n) is 12.5. The molecule has 0 unspecified atom stereocenters. The number of nitrogens with zero attached hydrogens (tertiary/aromatic N) is 2. The van der Waals surface area contributed by atoms with Gasteiger partial charge in [0.15, 0.2) is 0 Å². The van der Waals surface area contributed by atoms with E-state index in [9.17, 15) is 4.79 Å². The molecule has 0 bridgehead atoms. The first-order valence-corrected chi connectivity index (χ1v) is 6.90. The monoisotopic (exact) mass is 285 g/mol. The number of carbonyl (C=O) groups excluding carboxylic acids is 1. The number of rotatable bonds is 5. The third kappa shape index (κ3) is 3.78. The minimum absolute atomic E-state index is 0.325. The number of hydrogen-bond acceptors (Lipinski definition) is 5. The number of anilines is 1. The van der Waals surface area contributed by atoms with E-state index in [4.69, 9.17) is 4.74 Å². The Morgan fingerprint density at radius 3 is 2.67 bits per heavy atom. The summed E-state index contributed by atoms with van der Waals surface area (Å²) in [4.78, 5) is 20.4. The van der Waals surface area contributed by atoms with Crippen molar-refractivity contribution in [1.82, 2.24) is 9.97 Å². The summed E-state index contributed by atoms with van der Waals surface area (Å²) >= 11 is 0. The van der Waals surface area contributed by atoms with E-state index in [0.717, 1.165) is 16.9 Å². The van der Waals surface area contributed by atoms with Crippen molar-refractivity contribution in [2.75, 3.05) is 11.9 Å². The first kappa shape index (κ1) is 15.0. The highest BCUT2D eigenvalue weighted by Crippen LogP contribution is 2.17. The smallest absolute Gasteiger partial charge is 0.340 e.